The fourth-order valence-corrected chi connectivity index (χ4v) is 3.30. The van der Waals surface area contributed by atoms with Gasteiger partial charge in [0, 0.05) is 25.7 Å². The summed E-state index contributed by atoms with van der Waals surface area (Å²) in [5.41, 5.74) is 0. The topological polar surface area (TPSA) is 116 Å². The molecule has 4 aliphatic rings. The van der Waals surface area contributed by atoms with Gasteiger partial charge in [-0.3, -0.25) is 0 Å². The number of epoxide rings is 4. The van der Waals surface area contributed by atoms with Crippen molar-refractivity contribution in [1.29, 1.82) is 0 Å². The molecular weight excluding hydrogens is 394 g/mol. The summed E-state index contributed by atoms with van der Waals surface area (Å²) in [6, 6.07) is 0.493. The minimum atomic E-state index is -0.108. The van der Waals surface area contributed by atoms with Crippen LogP contribution in [0.3, 0.4) is 0 Å². The summed E-state index contributed by atoms with van der Waals surface area (Å²) in [7, 11) is 0. The zero-order valence-corrected chi connectivity index (χ0v) is 16.8. The Bertz CT molecular complexity index is 655. The van der Waals surface area contributed by atoms with Crippen LogP contribution in [0.1, 0.15) is 25.7 Å². The van der Waals surface area contributed by atoms with Crippen LogP contribution >= 0.6 is 0 Å². The fourth-order valence-electron chi connectivity index (χ4n) is 3.30. The molecule has 1 aromatic rings. The largest absolute Gasteiger partial charge is 0.460 e. The van der Waals surface area contributed by atoms with Gasteiger partial charge in [0.15, 0.2) is 0 Å². The molecule has 0 N–H and O–H groups in total. The summed E-state index contributed by atoms with van der Waals surface area (Å²) in [6.45, 7) is 6.98. The zero-order chi connectivity index (χ0) is 20.3. The van der Waals surface area contributed by atoms with Gasteiger partial charge >= 0.3 is 18.0 Å². The Hall–Kier alpha value is -2.01. The highest BCUT2D eigenvalue weighted by Gasteiger charge is 2.35. The van der Waals surface area contributed by atoms with Crippen LogP contribution in [0.5, 0.6) is 18.0 Å². The maximum absolute atomic E-state index is 6.09. The van der Waals surface area contributed by atoms with Crippen molar-refractivity contribution < 1.29 is 33.2 Å². The molecule has 0 saturated carbocycles. The minimum Gasteiger partial charge on any atom is -0.460 e. The van der Waals surface area contributed by atoms with Crippen LogP contribution < -0.4 is 14.2 Å². The molecule has 0 amide bonds. The third kappa shape index (κ3) is 6.49. The number of hydrogen-bond donors (Lipinski definition) is 0. The van der Waals surface area contributed by atoms with Gasteiger partial charge < -0.3 is 33.2 Å². The van der Waals surface area contributed by atoms with Crippen molar-refractivity contribution in [3.05, 3.63) is 12.7 Å². The number of rotatable bonds is 15. The Morgan fingerprint density at radius 1 is 0.733 bits per heavy atom. The summed E-state index contributed by atoms with van der Waals surface area (Å²) < 4.78 is 39.1. The molecule has 4 aliphatic heterocycles. The van der Waals surface area contributed by atoms with E-state index in [-0.39, 0.29) is 61.3 Å². The molecule has 0 radical (unpaired) electrons. The van der Waals surface area contributed by atoms with E-state index < -0.39 is 0 Å². The third-order valence-corrected chi connectivity index (χ3v) is 5.16. The fraction of sp³-hybridized carbons (Fsp3) is 0.750. The Morgan fingerprint density at radius 2 is 1.10 bits per heavy atom. The maximum atomic E-state index is 6.09. The molecular formula is C20H27N3O7. The number of aromatic nitrogens is 3. The lowest BCUT2D eigenvalue weighted by Crippen LogP contribution is -2.24. The Kier molecular flexibility index (Phi) is 5.98. The highest BCUT2D eigenvalue weighted by Crippen LogP contribution is 2.28. The lowest BCUT2D eigenvalue weighted by atomic mass is 10.1. The van der Waals surface area contributed by atoms with Crippen molar-refractivity contribution in [3.63, 3.8) is 0 Å². The summed E-state index contributed by atoms with van der Waals surface area (Å²) in [5.74, 6) is 0. The molecule has 0 bridgehead atoms. The normalized spacial score (nSPS) is 30.1. The number of nitrogens with zero attached hydrogens (tertiary/aromatic N) is 3. The van der Waals surface area contributed by atoms with E-state index in [1.54, 1.807) is 6.08 Å². The first-order valence-corrected chi connectivity index (χ1v) is 10.5. The van der Waals surface area contributed by atoms with Gasteiger partial charge in [0.25, 0.3) is 0 Å². The van der Waals surface area contributed by atoms with Crippen molar-refractivity contribution in [2.45, 2.75) is 62.3 Å². The second kappa shape index (κ2) is 9.01. The highest BCUT2D eigenvalue weighted by atomic mass is 16.6. The Balaban J connectivity index is 1.29. The molecule has 4 atom stereocenters. The van der Waals surface area contributed by atoms with E-state index in [2.05, 4.69) is 21.5 Å². The van der Waals surface area contributed by atoms with Gasteiger partial charge in [-0.05, 0) is 0 Å². The molecule has 10 heteroatoms. The first-order chi connectivity index (χ1) is 14.7. The molecule has 5 rings (SSSR count). The van der Waals surface area contributed by atoms with E-state index in [1.165, 1.54) is 0 Å². The van der Waals surface area contributed by atoms with Crippen LogP contribution in [0.2, 0.25) is 0 Å². The van der Waals surface area contributed by atoms with Crippen LogP contribution in [0.15, 0.2) is 12.7 Å². The van der Waals surface area contributed by atoms with Crippen molar-refractivity contribution in [2.75, 3.05) is 33.0 Å². The molecule has 0 aromatic carbocycles. The van der Waals surface area contributed by atoms with Gasteiger partial charge in [-0.25, -0.2) is 0 Å². The predicted molar refractivity (Wildman–Crippen MR) is 102 cm³/mol. The van der Waals surface area contributed by atoms with E-state index in [0.717, 1.165) is 52.1 Å². The second-order valence-corrected chi connectivity index (χ2v) is 8.03. The van der Waals surface area contributed by atoms with Crippen LogP contribution in [-0.2, 0) is 18.9 Å². The van der Waals surface area contributed by atoms with Crippen molar-refractivity contribution in [3.8, 4) is 18.0 Å². The number of hydrogen-bond acceptors (Lipinski definition) is 10. The van der Waals surface area contributed by atoms with Crippen molar-refractivity contribution >= 4 is 0 Å². The van der Waals surface area contributed by atoms with Gasteiger partial charge in [-0.1, -0.05) is 12.7 Å². The summed E-state index contributed by atoms with van der Waals surface area (Å²) in [5, 5.41) is 0. The molecule has 164 valence electrons. The zero-order valence-electron chi connectivity index (χ0n) is 16.8. The minimum absolute atomic E-state index is 0.108. The summed E-state index contributed by atoms with van der Waals surface area (Å²) in [6.07, 6.45) is 5.39. The molecule has 4 saturated heterocycles. The lowest BCUT2D eigenvalue weighted by molar-refractivity contribution is 0.122. The van der Waals surface area contributed by atoms with Gasteiger partial charge in [0.2, 0.25) is 0 Å². The average Bonchev–Trinajstić information content (AvgIpc) is 3.50. The molecule has 0 spiro atoms. The van der Waals surface area contributed by atoms with Crippen LogP contribution in [0, 0.1) is 0 Å². The quantitative estimate of drug-likeness (QED) is 0.301. The highest BCUT2D eigenvalue weighted by molar-refractivity contribution is 5.10. The van der Waals surface area contributed by atoms with E-state index >= 15 is 0 Å². The predicted octanol–water partition coefficient (Wildman–Crippen LogP) is 1.09. The second-order valence-electron chi connectivity index (χ2n) is 8.03. The molecule has 4 unspecified atom stereocenters. The van der Waals surface area contributed by atoms with Crippen LogP contribution in [-0.4, -0.2) is 84.6 Å². The van der Waals surface area contributed by atoms with Gasteiger partial charge in [0.05, 0.1) is 50.8 Å². The molecule has 5 heterocycles. The van der Waals surface area contributed by atoms with Crippen LogP contribution in [0.4, 0.5) is 0 Å². The van der Waals surface area contributed by atoms with Gasteiger partial charge in [0.1, 0.15) is 18.8 Å². The summed E-state index contributed by atoms with van der Waals surface area (Å²) in [4.78, 5) is 13.0. The van der Waals surface area contributed by atoms with E-state index in [4.69, 9.17) is 33.2 Å². The maximum Gasteiger partial charge on any atom is 0.326 e. The van der Waals surface area contributed by atoms with Gasteiger partial charge in [-0.15, -0.1) is 15.0 Å². The van der Waals surface area contributed by atoms with Crippen molar-refractivity contribution in [2.24, 2.45) is 0 Å². The third-order valence-electron chi connectivity index (χ3n) is 5.16. The smallest absolute Gasteiger partial charge is 0.326 e. The van der Waals surface area contributed by atoms with E-state index in [0.29, 0.717) is 0 Å². The molecule has 1 aromatic heterocycles. The molecule has 10 nitrogen and oxygen atoms in total. The SMILES string of the molecule is C=CCOc1nc(OC(CC2CO2)CC2CO2)nc(OC(CC2CO2)CC2CO2)n1. The molecule has 30 heavy (non-hydrogen) atoms. The molecule has 0 aliphatic carbocycles. The molecule has 4 fully saturated rings. The Morgan fingerprint density at radius 3 is 1.43 bits per heavy atom. The monoisotopic (exact) mass is 421 g/mol. The van der Waals surface area contributed by atoms with Gasteiger partial charge in [-0.2, -0.15) is 0 Å². The standard InChI is InChI=1S/C20H27N3O7/c1-2-3-24-18-21-19(29-12(4-14-8-25-14)5-15-9-26-15)23-20(22-18)30-13(6-16-10-27-16)7-17-11-28-17/h2,12-17H,1,3-11H2. The number of ether oxygens (including phenoxy) is 7. The average molecular weight is 421 g/mol. The van der Waals surface area contributed by atoms with E-state index in [1.807, 2.05) is 0 Å². The first-order valence-electron chi connectivity index (χ1n) is 10.5. The first kappa shape index (κ1) is 19.9. The Labute approximate surface area is 174 Å². The lowest BCUT2D eigenvalue weighted by Gasteiger charge is -2.19. The van der Waals surface area contributed by atoms with Crippen molar-refractivity contribution in [1.82, 2.24) is 15.0 Å². The summed E-state index contributed by atoms with van der Waals surface area (Å²) >= 11 is 0. The van der Waals surface area contributed by atoms with Crippen LogP contribution in [0.25, 0.3) is 0 Å². The van der Waals surface area contributed by atoms with E-state index in [9.17, 15) is 0 Å².